The molecule has 1 atom stereocenters. The maximum absolute atomic E-state index is 12.1. The van der Waals surface area contributed by atoms with Gasteiger partial charge in [-0.2, -0.15) is 13.2 Å². The van der Waals surface area contributed by atoms with Crippen LogP contribution in [0.2, 0.25) is 0 Å². The molecule has 1 aromatic carbocycles. The first-order valence-corrected chi connectivity index (χ1v) is 4.35. The van der Waals surface area contributed by atoms with Crippen LogP contribution in [0.4, 0.5) is 13.2 Å². The summed E-state index contributed by atoms with van der Waals surface area (Å²) < 4.78 is 36.4. The van der Waals surface area contributed by atoms with Crippen molar-refractivity contribution in [3.63, 3.8) is 0 Å². The van der Waals surface area contributed by atoms with Crippen LogP contribution in [0.15, 0.2) is 22.7 Å². The minimum Gasteiger partial charge on any atom is -0.508 e. The molecule has 0 saturated carbocycles. The normalized spacial score (nSPS) is 14.1. The Morgan fingerprint density at radius 3 is 2.29 bits per heavy atom. The molecule has 0 fully saturated rings. The number of aromatic hydroxyl groups is 1. The highest BCUT2D eigenvalue weighted by Crippen LogP contribution is 2.40. The molecule has 2 N–H and O–H groups in total. The minimum atomic E-state index is -4.79. The Kier molecular flexibility index (Phi) is 3.06. The first kappa shape index (κ1) is 11.3. The van der Waals surface area contributed by atoms with Crippen LogP contribution in [0.25, 0.3) is 0 Å². The van der Waals surface area contributed by atoms with Crippen LogP contribution in [0.5, 0.6) is 5.75 Å². The lowest BCUT2D eigenvalue weighted by Crippen LogP contribution is -2.20. The van der Waals surface area contributed by atoms with Gasteiger partial charge < -0.3 is 10.2 Å². The average molecular weight is 271 g/mol. The first-order valence-electron chi connectivity index (χ1n) is 3.56. The number of rotatable bonds is 1. The highest BCUT2D eigenvalue weighted by atomic mass is 79.9. The first-order chi connectivity index (χ1) is 6.34. The van der Waals surface area contributed by atoms with Gasteiger partial charge in [0.05, 0.1) is 0 Å². The lowest BCUT2D eigenvalue weighted by Gasteiger charge is -2.17. The molecule has 2 nitrogen and oxygen atoms in total. The molecule has 0 radical (unpaired) electrons. The number of phenolic OH excluding ortho intramolecular Hbond substituents is 1. The van der Waals surface area contributed by atoms with Crippen molar-refractivity contribution in [2.75, 3.05) is 0 Å². The lowest BCUT2D eigenvalue weighted by molar-refractivity contribution is -0.207. The number of hydrogen-bond acceptors (Lipinski definition) is 2. The molecule has 0 heterocycles. The van der Waals surface area contributed by atoms with Crippen molar-refractivity contribution in [3.8, 4) is 5.75 Å². The van der Waals surface area contributed by atoms with E-state index < -0.39 is 23.6 Å². The van der Waals surface area contributed by atoms with Gasteiger partial charge in [0.15, 0.2) is 6.10 Å². The molecule has 0 aromatic heterocycles. The summed E-state index contributed by atoms with van der Waals surface area (Å²) in [5.41, 5.74) is -0.569. The van der Waals surface area contributed by atoms with Gasteiger partial charge in [-0.15, -0.1) is 0 Å². The van der Waals surface area contributed by atoms with E-state index in [0.717, 1.165) is 6.07 Å². The van der Waals surface area contributed by atoms with Gasteiger partial charge in [0.2, 0.25) is 0 Å². The molecule has 1 rings (SSSR count). The fourth-order valence-corrected chi connectivity index (χ4v) is 1.53. The fraction of sp³-hybridized carbons (Fsp3) is 0.250. The van der Waals surface area contributed by atoms with Crippen LogP contribution in [0.3, 0.4) is 0 Å². The van der Waals surface area contributed by atoms with Gasteiger partial charge in [-0.05, 0) is 12.1 Å². The lowest BCUT2D eigenvalue weighted by atomic mass is 10.1. The number of benzene rings is 1. The molecule has 6 heteroatoms. The third kappa shape index (κ3) is 2.19. The van der Waals surface area contributed by atoms with Crippen molar-refractivity contribution in [2.24, 2.45) is 0 Å². The second-order valence-electron chi connectivity index (χ2n) is 2.62. The maximum atomic E-state index is 12.1. The zero-order chi connectivity index (χ0) is 10.9. The number of hydrogen-bond donors (Lipinski definition) is 2. The fourth-order valence-electron chi connectivity index (χ4n) is 0.960. The summed E-state index contributed by atoms with van der Waals surface area (Å²) >= 11 is 2.82. The van der Waals surface area contributed by atoms with Crippen molar-refractivity contribution in [1.82, 2.24) is 0 Å². The molecule has 0 aliphatic rings. The number of aliphatic hydroxyl groups is 1. The van der Waals surface area contributed by atoms with E-state index in [4.69, 9.17) is 10.2 Å². The summed E-state index contributed by atoms with van der Waals surface area (Å²) in [5, 5.41) is 18.0. The number of halogens is 4. The Morgan fingerprint density at radius 1 is 1.29 bits per heavy atom. The van der Waals surface area contributed by atoms with Crippen LogP contribution in [0.1, 0.15) is 11.7 Å². The summed E-state index contributed by atoms with van der Waals surface area (Å²) in [5.74, 6) is -0.593. The molecule has 0 saturated heterocycles. The SMILES string of the molecule is Oc1cccc(Br)c1C(O)C(F)(F)F. The van der Waals surface area contributed by atoms with Gasteiger partial charge in [0.1, 0.15) is 5.75 Å². The molecule has 1 unspecified atom stereocenters. The van der Waals surface area contributed by atoms with E-state index in [1.54, 1.807) is 0 Å². The third-order valence-electron chi connectivity index (χ3n) is 1.61. The Balaban J connectivity index is 3.19. The van der Waals surface area contributed by atoms with E-state index in [-0.39, 0.29) is 4.47 Å². The van der Waals surface area contributed by atoms with E-state index >= 15 is 0 Å². The zero-order valence-corrected chi connectivity index (χ0v) is 8.30. The summed E-state index contributed by atoms with van der Waals surface area (Å²) in [6.45, 7) is 0. The van der Waals surface area contributed by atoms with Gasteiger partial charge in [0, 0.05) is 10.0 Å². The van der Waals surface area contributed by atoms with E-state index in [1.807, 2.05) is 0 Å². The van der Waals surface area contributed by atoms with E-state index in [1.165, 1.54) is 12.1 Å². The highest BCUT2D eigenvalue weighted by molar-refractivity contribution is 9.10. The van der Waals surface area contributed by atoms with Crippen LogP contribution in [-0.2, 0) is 0 Å². The summed E-state index contributed by atoms with van der Waals surface area (Å²) in [6.07, 6.45) is -7.47. The van der Waals surface area contributed by atoms with E-state index in [0.29, 0.717) is 0 Å². The highest BCUT2D eigenvalue weighted by Gasteiger charge is 2.41. The zero-order valence-electron chi connectivity index (χ0n) is 6.72. The number of phenols is 1. The topological polar surface area (TPSA) is 40.5 Å². The van der Waals surface area contributed by atoms with Crippen molar-refractivity contribution < 1.29 is 23.4 Å². The second kappa shape index (κ2) is 3.78. The Labute approximate surface area is 86.1 Å². The summed E-state index contributed by atoms with van der Waals surface area (Å²) in [7, 11) is 0. The Bertz CT molecular complexity index is 318. The van der Waals surface area contributed by atoms with E-state index in [9.17, 15) is 13.2 Å². The predicted octanol–water partition coefficient (Wildman–Crippen LogP) is 2.75. The van der Waals surface area contributed by atoms with Crippen LogP contribution < -0.4 is 0 Å². The Hall–Kier alpha value is -0.750. The quantitative estimate of drug-likeness (QED) is 0.824. The van der Waals surface area contributed by atoms with Crippen molar-refractivity contribution in [3.05, 3.63) is 28.2 Å². The number of aliphatic hydroxyl groups excluding tert-OH is 1. The standard InChI is InChI=1S/C8H6BrF3O2/c9-4-2-1-3-5(13)6(4)7(14)8(10,11)12/h1-3,7,13-14H. The molecule has 0 spiro atoms. The maximum Gasteiger partial charge on any atom is 0.418 e. The van der Waals surface area contributed by atoms with Crippen molar-refractivity contribution >= 4 is 15.9 Å². The molecule has 14 heavy (non-hydrogen) atoms. The number of alkyl halides is 3. The molecular weight excluding hydrogens is 265 g/mol. The molecule has 0 aliphatic carbocycles. The molecule has 0 bridgehead atoms. The molecular formula is C8H6BrF3O2. The van der Waals surface area contributed by atoms with Gasteiger partial charge in [-0.25, -0.2) is 0 Å². The molecule has 78 valence electrons. The van der Waals surface area contributed by atoms with Crippen molar-refractivity contribution in [2.45, 2.75) is 12.3 Å². The van der Waals surface area contributed by atoms with Crippen LogP contribution in [0, 0.1) is 0 Å². The Morgan fingerprint density at radius 2 is 1.86 bits per heavy atom. The average Bonchev–Trinajstić information content (AvgIpc) is 2.01. The second-order valence-corrected chi connectivity index (χ2v) is 3.47. The van der Waals surface area contributed by atoms with Gasteiger partial charge >= 0.3 is 6.18 Å². The van der Waals surface area contributed by atoms with Gasteiger partial charge in [0.25, 0.3) is 0 Å². The monoisotopic (exact) mass is 270 g/mol. The molecule has 0 aliphatic heterocycles. The smallest absolute Gasteiger partial charge is 0.418 e. The van der Waals surface area contributed by atoms with Crippen LogP contribution >= 0.6 is 15.9 Å². The largest absolute Gasteiger partial charge is 0.508 e. The van der Waals surface area contributed by atoms with Crippen molar-refractivity contribution in [1.29, 1.82) is 0 Å². The van der Waals surface area contributed by atoms with Gasteiger partial charge in [-0.3, -0.25) is 0 Å². The predicted molar refractivity (Wildman–Crippen MR) is 46.8 cm³/mol. The summed E-state index contributed by atoms with van der Waals surface area (Å²) in [4.78, 5) is 0. The van der Waals surface area contributed by atoms with Gasteiger partial charge in [-0.1, -0.05) is 22.0 Å². The minimum absolute atomic E-state index is 0.0160. The summed E-state index contributed by atoms with van der Waals surface area (Å²) in [6, 6.07) is 3.76. The van der Waals surface area contributed by atoms with E-state index in [2.05, 4.69) is 15.9 Å². The molecule has 0 amide bonds. The van der Waals surface area contributed by atoms with Crippen LogP contribution in [-0.4, -0.2) is 16.4 Å². The molecule has 1 aromatic rings. The third-order valence-corrected chi connectivity index (χ3v) is 2.30.